The molecule has 1 amide bonds. The Bertz CT molecular complexity index is 817. The minimum absolute atomic E-state index is 0.00822. The van der Waals surface area contributed by atoms with Crippen molar-refractivity contribution >= 4 is 21.6 Å². The first kappa shape index (κ1) is 18.9. The number of ether oxygens (including phenoxy) is 1. The third-order valence-corrected chi connectivity index (χ3v) is 8.43. The molecule has 0 radical (unpaired) electrons. The fraction of sp³-hybridized carbons (Fsp3) is 0.650. The molecule has 4 rings (SSSR count). The molecule has 0 aromatic heterocycles. The molecule has 1 aromatic rings. The minimum atomic E-state index is -3.58. The summed E-state index contributed by atoms with van der Waals surface area (Å²) in [6, 6.07) is 5.14. The Labute approximate surface area is 161 Å². The zero-order valence-corrected chi connectivity index (χ0v) is 16.6. The molecule has 0 spiro atoms. The van der Waals surface area contributed by atoms with E-state index in [4.69, 9.17) is 4.74 Å². The Kier molecular flexibility index (Phi) is 5.27. The van der Waals surface area contributed by atoms with E-state index in [2.05, 4.69) is 5.32 Å². The number of fused-ring (bicyclic) bond motifs is 2. The van der Waals surface area contributed by atoms with Crippen LogP contribution in [0.25, 0.3) is 0 Å². The minimum Gasteiger partial charge on any atom is -0.379 e. The highest BCUT2D eigenvalue weighted by Crippen LogP contribution is 2.49. The van der Waals surface area contributed by atoms with Crippen molar-refractivity contribution in [3.8, 4) is 0 Å². The van der Waals surface area contributed by atoms with Gasteiger partial charge in [-0.15, -0.1) is 0 Å². The Morgan fingerprint density at radius 1 is 1.22 bits per heavy atom. The zero-order valence-electron chi connectivity index (χ0n) is 15.8. The van der Waals surface area contributed by atoms with E-state index in [-0.39, 0.29) is 10.8 Å². The summed E-state index contributed by atoms with van der Waals surface area (Å²) in [5.41, 5.74) is 1.24. The molecule has 3 aliphatic rings. The maximum Gasteiger partial charge on any atom is 0.243 e. The van der Waals surface area contributed by atoms with Gasteiger partial charge in [-0.25, -0.2) is 8.42 Å². The van der Waals surface area contributed by atoms with Crippen molar-refractivity contribution in [1.82, 2.24) is 4.31 Å². The van der Waals surface area contributed by atoms with Crippen molar-refractivity contribution in [3.05, 3.63) is 23.8 Å². The van der Waals surface area contributed by atoms with Crippen LogP contribution in [0.1, 0.15) is 37.7 Å². The second kappa shape index (κ2) is 7.53. The Balaban J connectivity index is 1.46. The van der Waals surface area contributed by atoms with Crippen molar-refractivity contribution < 1.29 is 17.9 Å². The smallest absolute Gasteiger partial charge is 0.243 e. The van der Waals surface area contributed by atoms with Gasteiger partial charge in [0.1, 0.15) is 0 Å². The molecule has 1 N–H and O–H groups in total. The summed E-state index contributed by atoms with van der Waals surface area (Å²) in [5, 5.41) is 2.92. The fourth-order valence-corrected chi connectivity index (χ4v) is 6.62. The standard InChI is InChI=1S/C20H28N2O4S/c1-14-2-5-18(13-19(14)27(24,25)22-6-8-26-9-7-22)21-20(23)12-17-11-15-3-4-16(17)10-15/h2,5,13,15-17H,3-4,6-12H2,1H3,(H,21,23). The average Bonchev–Trinajstić information content (AvgIpc) is 3.27. The number of carbonyl (C=O) groups excluding carboxylic acids is 1. The first-order chi connectivity index (χ1) is 12.9. The molecule has 27 heavy (non-hydrogen) atoms. The molecule has 2 saturated carbocycles. The number of sulfonamides is 1. The van der Waals surface area contributed by atoms with Gasteiger partial charge in [0.15, 0.2) is 0 Å². The summed E-state index contributed by atoms with van der Waals surface area (Å²) < 4.78 is 32.7. The summed E-state index contributed by atoms with van der Waals surface area (Å²) in [6.45, 7) is 3.34. The Morgan fingerprint density at radius 3 is 2.67 bits per heavy atom. The lowest BCUT2D eigenvalue weighted by molar-refractivity contribution is -0.117. The van der Waals surface area contributed by atoms with Crippen LogP contribution in [-0.2, 0) is 19.6 Å². The molecule has 1 aliphatic heterocycles. The molecule has 1 heterocycles. The molecule has 2 bridgehead atoms. The van der Waals surface area contributed by atoms with Gasteiger partial charge in [0.25, 0.3) is 0 Å². The lowest BCUT2D eigenvalue weighted by atomic mass is 9.86. The van der Waals surface area contributed by atoms with Crippen LogP contribution >= 0.6 is 0 Å². The van der Waals surface area contributed by atoms with E-state index in [9.17, 15) is 13.2 Å². The summed E-state index contributed by atoms with van der Waals surface area (Å²) in [4.78, 5) is 12.8. The number of carbonyl (C=O) groups is 1. The highest BCUT2D eigenvalue weighted by atomic mass is 32.2. The van der Waals surface area contributed by atoms with Gasteiger partial charge in [0, 0.05) is 25.2 Å². The number of morpholine rings is 1. The zero-order chi connectivity index (χ0) is 19.0. The second-order valence-electron chi connectivity index (χ2n) is 8.18. The van der Waals surface area contributed by atoms with Gasteiger partial charge in [-0.1, -0.05) is 12.5 Å². The van der Waals surface area contributed by atoms with E-state index < -0.39 is 10.0 Å². The summed E-state index contributed by atoms with van der Waals surface area (Å²) in [7, 11) is -3.58. The SMILES string of the molecule is Cc1ccc(NC(=O)CC2CC3CCC2C3)cc1S(=O)(=O)N1CCOCC1. The van der Waals surface area contributed by atoms with Crippen molar-refractivity contribution in [1.29, 1.82) is 0 Å². The van der Waals surface area contributed by atoms with E-state index in [1.165, 1.54) is 30.0 Å². The van der Waals surface area contributed by atoms with Crippen molar-refractivity contribution in [3.63, 3.8) is 0 Å². The van der Waals surface area contributed by atoms with Crippen molar-refractivity contribution in [2.24, 2.45) is 17.8 Å². The first-order valence-electron chi connectivity index (χ1n) is 9.92. The predicted octanol–water partition coefficient (Wildman–Crippen LogP) is 2.78. The van der Waals surface area contributed by atoms with E-state index in [1.807, 2.05) is 0 Å². The van der Waals surface area contributed by atoms with E-state index in [0.717, 1.165) is 5.92 Å². The van der Waals surface area contributed by atoms with Crippen LogP contribution < -0.4 is 5.32 Å². The van der Waals surface area contributed by atoms with Crippen LogP contribution in [0.5, 0.6) is 0 Å². The monoisotopic (exact) mass is 392 g/mol. The van der Waals surface area contributed by atoms with Crippen LogP contribution in [0.2, 0.25) is 0 Å². The molecule has 7 heteroatoms. The maximum atomic E-state index is 13.0. The number of amides is 1. The summed E-state index contributed by atoms with van der Waals surface area (Å²) in [6.07, 6.45) is 5.58. The largest absolute Gasteiger partial charge is 0.379 e. The molecule has 1 saturated heterocycles. The van der Waals surface area contributed by atoms with Crippen LogP contribution in [0.4, 0.5) is 5.69 Å². The van der Waals surface area contributed by atoms with Gasteiger partial charge in [0.2, 0.25) is 15.9 Å². The molecular weight excluding hydrogens is 364 g/mol. The van der Waals surface area contributed by atoms with Crippen LogP contribution in [0, 0.1) is 24.7 Å². The topological polar surface area (TPSA) is 75.7 Å². The third-order valence-electron chi connectivity index (χ3n) is 6.39. The number of nitrogens with one attached hydrogen (secondary N) is 1. The van der Waals surface area contributed by atoms with Gasteiger partial charge in [-0.3, -0.25) is 4.79 Å². The predicted molar refractivity (Wildman–Crippen MR) is 103 cm³/mol. The molecule has 1 aromatic carbocycles. The van der Waals surface area contributed by atoms with Gasteiger partial charge in [-0.05, 0) is 61.6 Å². The van der Waals surface area contributed by atoms with Gasteiger partial charge < -0.3 is 10.1 Å². The highest BCUT2D eigenvalue weighted by molar-refractivity contribution is 7.89. The lowest BCUT2D eigenvalue weighted by Crippen LogP contribution is -2.40. The van der Waals surface area contributed by atoms with Crippen molar-refractivity contribution in [2.75, 3.05) is 31.6 Å². The van der Waals surface area contributed by atoms with Gasteiger partial charge in [-0.2, -0.15) is 4.31 Å². The number of rotatable bonds is 5. The lowest BCUT2D eigenvalue weighted by Gasteiger charge is -2.27. The number of benzene rings is 1. The second-order valence-corrected chi connectivity index (χ2v) is 10.1. The maximum absolute atomic E-state index is 13.0. The first-order valence-corrected chi connectivity index (χ1v) is 11.4. The summed E-state index contributed by atoms with van der Waals surface area (Å²) >= 11 is 0. The Morgan fingerprint density at radius 2 is 2.00 bits per heavy atom. The molecule has 3 unspecified atom stereocenters. The molecule has 3 atom stereocenters. The number of aryl methyl sites for hydroxylation is 1. The quantitative estimate of drug-likeness (QED) is 0.836. The van der Waals surface area contributed by atoms with E-state index in [1.54, 1.807) is 25.1 Å². The molecule has 148 valence electrons. The molecule has 2 aliphatic carbocycles. The molecular formula is C20H28N2O4S. The van der Waals surface area contributed by atoms with Crippen molar-refractivity contribution in [2.45, 2.75) is 43.9 Å². The van der Waals surface area contributed by atoms with Crippen LogP contribution in [-0.4, -0.2) is 44.9 Å². The number of nitrogens with zero attached hydrogens (tertiary/aromatic N) is 1. The van der Waals surface area contributed by atoms with Crippen LogP contribution in [0.15, 0.2) is 23.1 Å². The van der Waals surface area contributed by atoms with E-state index >= 15 is 0 Å². The number of hydrogen-bond acceptors (Lipinski definition) is 4. The van der Waals surface area contributed by atoms with E-state index in [0.29, 0.717) is 55.8 Å². The van der Waals surface area contributed by atoms with Gasteiger partial charge in [0.05, 0.1) is 18.1 Å². The molecule has 3 fully saturated rings. The fourth-order valence-electron chi connectivity index (χ4n) is 4.96. The summed E-state index contributed by atoms with van der Waals surface area (Å²) in [5.74, 6) is 2.00. The number of anilines is 1. The third kappa shape index (κ3) is 3.91. The van der Waals surface area contributed by atoms with Crippen LogP contribution in [0.3, 0.4) is 0 Å². The number of hydrogen-bond donors (Lipinski definition) is 1. The normalized spacial score (nSPS) is 28.4. The average molecular weight is 393 g/mol. The van der Waals surface area contributed by atoms with Gasteiger partial charge >= 0.3 is 0 Å². The molecule has 6 nitrogen and oxygen atoms in total. The highest BCUT2D eigenvalue weighted by Gasteiger charge is 2.40. The Hall–Kier alpha value is -1.44.